The molecule has 2 heteroatoms. The van der Waals surface area contributed by atoms with Gasteiger partial charge >= 0.3 is 0 Å². The molecule has 0 amide bonds. The highest BCUT2D eigenvalue weighted by atomic mass is 15.1. The predicted octanol–water partition coefficient (Wildman–Crippen LogP) is 2.29. The van der Waals surface area contributed by atoms with E-state index in [1.54, 1.807) is 6.08 Å². The largest absolute Gasteiger partial charge is 0.374 e. The Morgan fingerprint density at radius 1 is 1.25 bits per heavy atom. The molecule has 1 heterocycles. The molecule has 0 aliphatic carbocycles. The van der Waals surface area contributed by atoms with Crippen LogP contribution in [0.1, 0.15) is 32.6 Å². The first-order chi connectivity index (χ1) is 5.84. The summed E-state index contributed by atoms with van der Waals surface area (Å²) in [4.78, 5) is 2.32. The van der Waals surface area contributed by atoms with E-state index in [1.165, 1.54) is 25.7 Å². The summed E-state index contributed by atoms with van der Waals surface area (Å²) in [6.07, 6.45) is 6.88. The van der Waals surface area contributed by atoms with Gasteiger partial charge in [0, 0.05) is 24.9 Å². The molecule has 1 fully saturated rings. The molecule has 2 nitrogen and oxygen atoms in total. The SMILES string of the molecule is C/C(=C/C#N)N1CCCCCC1. The summed E-state index contributed by atoms with van der Waals surface area (Å²) in [5, 5.41) is 8.48. The summed E-state index contributed by atoms with van der Waals surface area (Å²) in [5.74, 6) is 0. The van der Waals surface area contributed by atoms with Gasteiger partial charge in [-0.15, -0.1) is 0 Å². The topological polar surface area (TPSA) is 27.0 Å². The number of likely N-dealkylation sites (tertiary alicyclic amines) is 1. The third kappa shape index (κ3) is 2.58. The van der Waals surface area contributed by atoms with E-state index in [0.717, 1.165) is 18.8 Å². The molecule has 0 saturated carbocycles. The van der Waals surface area contributed by atoms with Crippen LogP contribution in [0.3, 0.4) is 0 Å². The van der Waals surface area contributed by atoms with Gasteiger partial charge in [-0.3, -0.25) is 0 Å². The number of nitriles is 1. The van der Waals surface area contributed by atoms with Crippen LogP contribution in [0.25, 0.3) is 0 Å². The number of rotatable bonds is 1. The maximum atomic E-state index is 8.48. The lowest BCUT2D eigenvalue weighted by molar-refractivity contribution is 0.359. The van der Waals surface area contributed by atoms with Gasteiger partial charge in [-0.2, -0.15) is 5.26 Å². The molecule has 0 unspecified atom stereocenters. The quantitative estimate of drug-likeness (QED) is 0.556. The van der Waals surface area contributed by atoms with Crippen molar-refractivity contribution in [2.24, 2.45) is 0 Å². The molecule has 0 spiro atoms. The van der Waals surface area contributed by atoms with Crippen LogP contribution in [0.15, 0.2) is 11.8 Å². The third-order valence-electron chi connectivity index (χ3n) is 2.38. The highest BCUT2D eigenvalue weighted by Crippen LogP contribution is 2.13. The fraction of sp³-hybridized carbons (Fsp3) is 0.700. The van der Waals surface area contributed by atoms with E-state index in [-0.39, 0.29) is 0 Å². The molecule has 0 aromatic carbocycles. The lowest BCUT2D eigenvalue weighted by Crippen LogP contribution is -2.22. The standard InChI is InChI=1S/C10H16N2/c1-10(6-7-11)12-8-4-2-3-5-9-12/h6H,2-5,8-9H2,1H3/b10-6-. The van der Waals surface area contributed by atoms with Gasteiger partial charge in [-0.25, -0.2) is 0 Å². The highest BCUT2D eigenvalue weighted by molar-refractivity contribution is 5.10. The van der Waals surface area contributed by atoms with Crippen molar-refractivity contribution >= 4 is 0 Å². The van der Waals surface area contributed by atoms with Gasteiger partial charge in [0.2, 0.25) is 0 Å². The van der Waals surface area contributed by atoms with Crippen LogP contribution in [0, 0.1) is 11.3 Å². The van der Waals surface area contributed by atoms with E-state index >= 15 is 0 Å². The van der Waals surface area contributed by atoms with E-state index < -0.39 is 0 Å². The van der Waals surface area contributed by atoms with E-state index in [4.69, 9.17) is 5.26 Å². The second-order valence-corrected chi connectivity index (χ2v) is 3.32. The van der Waals surface area contributed by atoms with Crippen molar-refractivity contribution in [2.45, 2.75) is 32.6 Å². The first kappa shape index (κ1) is 9.12. The van der Waals surface area contributed by atoms with Crippen molar-refractivity contribution < 1.29 is 0 Å². The molecule has 0 aromatic heterocycles. The molecule has 66 valence electrons. The van der Waals surface area contributed by atoms with Crippen LogP contribution < -0.4 is 0 Å². The van der Waals surface area contributed by atoms with Gasteiger partial charge in [-0.05, 0) is 19.8 Å². The van der Waals surface area contributed by atoms with Crippen molar-refractivity contribution in [1.82, 2.24) is 4.90 Å². The van der Waals surface area contributed by atoms with Crippen LogP contribution in [-0.4, -0.2) is 18.0 Å². The smallest absolute Gasteiger partial charge is 0.0930 e. The van der Waals surface area contributed by atoms with Gasteiger partial charge < -0.3 is 4.90 Å². The first-order valence-electron chi connectivity index (χ1n) is 4.66. The Bertz CT molecular complexity index is 192. The molecule has 0 aromatic rings. The second-order valence-electron chi connectivity index (χ2n) is 3.32. The fourth-order valence-electron chi connectivity index (χ4n) is 1.61. The van der Waals surface area contributed by atoms with Gasteiger partial charge in [-0.1, -0.05) is 12.8 Å². The van der Waals surface area contributed by atoms with Gasteiger partial charge in [0.05, 0.1) is 6.07 Å². The summed E-state index contributed by atoms with van der Waals surface area (Å²) in [6, 6.07) is 2.08. The zero-order chi connectivity index (χ0) is 8.81. The molecular formula is C10H16N2. The zero-order valence-corrected chi connectivity index (χ0v) is 7.71. The Morgan fingerprint density at radius 3 is 2.33 bits per heavy atom. The predicted molar refractivity (Wildman–Crippen MR) is 49.4 cm³/mol. The molecule has 0 atom stereocenters. The Labute approximate surface area is 74.5 Å². The van der Waals surface area contributed by atoms with Crippen LogP contribution in [-0.2, 0) is 0 Å². The normalized spacial score (nSPS) is 20.0. The van der Waals surface area contributed by atoms with E-state index in [2.05, 4.69) is 11.0 Å². The molecule has 1 saturated heterocycles. The fourth-order valence-corrected chi connectivity index (χ4v) is 1.61. The van der Waals surface area contributed by atoms with Crippen LogP contribution in [0.2, 0.25) is 0 Å². The minimum Gasteiger partial charge on any atom is -0.374 e. The average molecular weight is 164 g/mol. The van der Waals surface area contributed by atoms with Gasteiger partial charge in [0.1, 0.15) is 0 Å². The molecule has 1 rings (SSSR count). The summed E-state index contributed by atoms with van der Waals surface area (Å²) >= 11 is 0. The molecular weight excluding hydrogens is 148 g/mol. The van der Waals surface area contributed by atoms with E-state index in [0.29, 0.717) is 0 Å². The van der Waals surface area contributed by atoms with Crippen molar-refractivity contribution in [3.05, 3.63) is 11.8 Å². The van der Waals surface area contributed by atoms with Crippen LogP contribution in [0.5, 0.6) is 0 Å². The maximum absolute atomic E-state index is 8.48. The number of nitrogens with zero attached hydrogens (tertiary/aromatic N) is 2. The molecule has 0 radical (unpaired) electrons. The van der Waals surface area contributed by atoms with Crippen LogP contribution >= 0.6 is 0 Å². The maximum Gasteiger partial charge on any atom is 0.0930 e. The Kier molecular flexibility index (Phi) is 3.66. The highest BCUT2D eigenvalue weighted by Gasteiger charge is 2.08. The van der Waals surface area contributed by atoms with Gasteiger partial charge in [0.15, 0.2) is 0 Å². The molecule has 0 bridgehead atoms. The van der Waals surface area contributed by atoms with E-state index in [1.807, 2.05) is 6.92 Å². The molecule has 1 aliphatic rings. The van der Waals surface area contributed by atoms with Crippen molar-refractivity contribution in [1.29, 1.82) is 5.26 Å². The van der Waals surface area contributed by atoms with Crippen molar-refractivity contribution in [3.8, 4) is 6.07 Å². The third-order valence-corrected chi connectivity index (χ3v) is 2.38. The van der Waals surface area contributed by atoms with Gasteiger partial charge in [0.25, 0.3) is 0 Å². The number of allylic oxidation sites excluding steroid dienone is 2. The monoisotopic (exact) mass is 164 g/mol. The average Bonchev–Trinajstić information content (AvgIpc) is 2.32. The van der Waals surface area contributed by atoms with E-state index in [9.17, 15) is 0 Å². The number of hydrogen-bond acceptors (Lipinski definition) is 2. The Hall–Kier alpha value is -0.970. The summed E-state index contributed by atoms with van der Waals surface area (Å²) < 4.78 is 0. The first-order valence-corrected chi connectivity index (χ1v) is 4.66. The molecule has 12 heavy (non-hydrogen) atoms. The Morgan fingerprint density at radius 2 is 1.83 bits per heavy atom. The zero-order valence-electron chi connectivity index (χ0n) is 7.71. The van der Waals surface area contributed by atoms with Crippen molar-refractivity contribution in [3.63, 3.8) is 0 Å². The minimum atomic E-state index is 1.12. The Balaban J connectivity index is 2.49. The number of hydrogen-bond donors (Lipinski definition) is 0. The molecule has 1 aliphatic heterocycles. The lowest BCUT2D eigenvalue weighted by atomic mass is 10.2. The summed E-state index contributed by atoms with van der Waals surface area (Å²) in [6.45, 7) is 4.28. The summed E-state index contributed by atoms with van der Waals surface area (Å²) in [5.41, 5.74) is 1.12. The summed E-state index contributed by atoms with van der Waals surface area (Å²) in [7, 11) is 0. The minimum absolute atomic E-state index is 1.12. The molecule has 0 N–H and O–H groups in total. The van der Waals surface area contributed by atoms with Crippen LogP contribution in [0.4, 0.5) is 0 Å². The lowest BCUT2D eigenvalue weighted by Gasteiger charge is -2.22. The second kappa shape index (κ2) is 4.82. The van der Waals surface area contributed by atoms with Crippen molar-refractivity contribution in [2.75, 3.05) is 13.1 Å².